The van der Waals surface area contributed by atoms with Crippen molar-refractivity contribution in [3.63, 3.8) is 0 Å². The molecule has 0 amide bonds. The van der Waals surface area contributed by atoms with Gasteiger partial charge < -0.3 is 4.57 Å². The maximum Gasteiger partial charge on any atom is 0.146 e. The van der Waals surface area contributed by atoms with Crippen LogP contribution in [0.15, 0.2) is 36.7 Å². The molecule has 1 fully saturated rings. The molecule has 108 valence electrons. The second-order valence-corrected chi connectivity index (χ2v) is 5.69. The smallest absolute Gasteiger partial charge is 0.146 e. The fraction of sp³-hybridized carbons (Fsp3) is 0.438. The predicted octanol–water partition coefficient (Wildman–Crippen LogP) is 1.87. The van der Waals surface area contributed by atoms with Gasteiger partial charge in [0.25, 0.3) is 0 Å². The van der Waals surface area contributed by atoms with Gasteiger partial charge in [-0.15, -0.1) is 10.2 Å². The molecular formula is C16H19N5. The summed E-state index contributed by atoms with van der Waals surface area (Å²) in [6.45, 7) is 2.62. The van der Waals surface area contributed by atoms with Gasteiger partial charge >= 0.3 is 0 Å². The molecule has 1 aromatic carbocycles. The van der Waals surface area contributed by atoms with E-state index in [1.807, 2.05) is 29.8 Å². The third-order valence-corrected chi connectivity index (χ3v) is 4.42. The Kier molecular flexibility index (Phi) is 3.72. The summed E-state index contributed by atoms with van der Waals surface area (Å²) in [5.74, 6) is 0.971. The van der Waals surface area contributed by atoms with Crippen molar-refractivity contribution in [1.82, 2.24) is 19.7 Å². The van der Waals surface area contributed by atoms with Crippen molar-refractivity contribution in [2.75, 3.05) is 13.1 Å². The van der Waals surface area contributed by atoms with Gasteiger partial charge in [0, 0.05) is 20.1 Å². The van der Waals surface area contributed by atoms with E-state index < -0.39 is 0 Å². The van der Waals surface area contributed by atoms with E-state index in [-0.39, 0.29) is 5.41 Å². The van der Waals surface area contributed by atoms with Gasteiger partial charge in [0.2, 0.25) is 0 Å². The van der Waals surface area contributed by atoms with E-state index in [0.717, 1.165) is 43.9 Å². The molecule has 1 aliphatic heterocycles. The average Bonchev–Trinajstić information content (AvgIpc) is 2.94. The highest BCUT2D eigenvalue weighted by Gasteiger charge is 2.36. The lowest BCUT2D eigenvalue weighted by molar-refractivity contribution is 0.174. The van der Waals surface area contributed by atoms with E-state index in [9.17, 15) is 5.26 Å². The van der Waals surface area contributed by atoms with Crippen molar-refractivity contribution in [2.45, 2.75) is 24.8 Å². The van der Waals surface area contributed by atoms with Crippen LogP contribution in [0.25, 0.3) is 0 Å². The number of hydrogen-bond acceptors (Lipinski definition) is 4. The molecule has 21 heavy (non-hydrogen) atoms. The maximum atomic E-state index is 9.69. The quantitative estimate of drug-likeness (QED) is 0.862. The Morgan fingerprint density at radius 2 is 1.95 bits per heavy atom. The van der Waals surface area contributed by atoms with Crippen LogP contribution in [-0.2, 0) is 19.0 Å². The Hall–Kier alpha value is -2.19. The van der Waals surface area contributed by atoms with Gasteiger partial charge in [-0.3, -0.25) is 4.90 Å². The lowest BCUT2D eigenvalue weighted by atomic mass is 9.74. The van der Waals surface area contributed by atoms with Crippen molar-refractivity contribution in [1.29, 1.82) is 5.26 Å². The Balaban J connectivity index is 1.69. The van der Waals surface area contributed by atoms with E-state index in [2.05, 4.69) is 33.3 Å². The molecule has 2 heterocycles. The van der Waals surface area contributed by atoms with Crippen LogP contribution >= 0.6 is 0 Å². The number of aromatic nitrogens is 3. The minimum atomic E-state index is -0.336. The largest absolute Gasteiger partial charge is 0.320 e. The summed E-state index contributed by atoms with van der Waals surface area (Å²) < 4.78 is 1.95. The van der Waals surface area contributed by atoms with Crippen LogP contribution in [0.2, 0.25) is 0 Å². The molecule has 2 aromatic rings. The molecular weight excluding hydrogens is 262 g/mol. The summed E-state index contributed by atoms with van der Waals surface area (Å²) in [5, 5.41) is 17.7. The summed E-state index contributed by atoms with van der Waals surface area (Å²) in [5.41, 5.74) is 0.809. The minimum Gasteiger partial charge on any atom is -0.320 e. The van der Waals surface area contributed by atoms with Gasteiger partial charge in [0.15, 0.2) is 0 Å². The summed E-state index contributed by atoms with van der Waals surface area (Å²) in [4.78, 5) is 2.35. The number of piperidine rings is 1. The zero-order valence-corrected chi connectivity index (χ0v) is 12.2. The summed E-state index contributed by atoms with van der Waals surface area (Å²) in [6, 6.07) is 12.7. The molecule has 5 nitrogen and oxygen atoms in total. The molecule has 0 saturated carbocycles. The van der Waals surface area contributed by atoms with Crippen LogP contribution in [-0.4, -0.2) is 32.8 Å². The normalized spacial score (nSPS) is 18.3. The first-order valence-electron chi connectivity index (χ1n) is 7.25. The molecule has 3 rings (SSSR count). The number of nitriles is 1. The van der Waals surface area contributed by atoms with Crippen molar-refractivity contribution in [3.8, 4) is 6.07 Å². The highest BCUT2D eigenvalue weighted by molar-refractivity contribution is 5.33. The van der Waals surface area contributed by atoms with Crippen LogP contribution in [0.5, 0.6) is 0 Å². The van der Waals surface area contributed by atoms with Gasteiger partial charge in [0.05, 0.1) is 18.0 Å². The number of aryl methyl sites for hydroxylation is 1. The standard InChI is InChI=1S/C16H19N5/c1-20-13-18-19-15(20)11-21-9-7-16(12-17,8-10-21)14-5-3-2-4-6-14/h2-6,13H,7-11H2,1H3. The number of benzene rings is 1. The van der Waals surface area contributed by atoms with Gasteiger partial charge in [-0.25, -0.2) is 0 Å². The molecule has 0 bridgehead atoms. The molecule has 0 atom stereocenters. The minimum absolute atomic E-state index is 0.336. The maximum absolute atomic E-state index is 9.69. The molecule has 0 aliphatic carbocycles. The highest BCUT2D eigenvalue weighted by Crippen LogP contribution is 2.35. The molecule has 0 spiro atoms. The lowest BCUT2D eigenvalue weighted by Gasteiger charge is -2.37. The van der Waals surface area contributed by atoms with Crippen molar-refractivity contribution >= 4 is 0 Å². The first kappa shape index (κ1) is 13.8. The van der Waals surface area contributed by atoms with E-state index in [0.29, 0.717) is 0 Å². The first-order chi connectivity index (χ1) is 10.2. The SMILES string of the molecule is Cn1cnnc1CN1CCC(C#N)(c2ccccc2)CC1. The predicted molar refractivity (Wildman–Crippen MR) is 79.2 cm³/mol. The number of likely N-dealkylation sites (tertiary alicyclic amines) is 1. The molecule has 1 saturated heterocycles. The molecule has 5 heteroatoms. The van der Waals surface area contributed by atoms with Crippen LogP contribution in [0.4, 0.5) is 0 Å². The second kappa shape index (κ2) is 5.66. The number of rotatable bonds is 3. The summed E-state index contributed by atoms with van der Waals surface area (Å²) >= 11 is 0. The van der Waals surface area contributed by atoms with E-state index in [1.165, 1.54) is 0 Å². The van der Waals surface area contributed by atoms with Gasteiger partial charge in [-0.2, -0.15) is 5.26 Å². The average molecular weight is 281 g/mol. The van der Waals surface area contributed by atoms with Gasteiger partial charge in [-0.1, -0.05) is 30.3 Å². The molecule has 0 radical (unpaired) electrons. The zero-order chi connectivity index (χ0) is 14.7. The lowest BCUT2D eigenvalue weighted by Crippen LogP contribution is -2.41. The van der Waals surface area contributed by atoms with Crippen LogP contribution in [0, 0.1) is 11.3 Å². The monoisotopic (exact) mass is 281 g/mol. The Morgan fingerprint density at radius 3 is 2.52 bits per heavy atom. The van der Waals surface area contributed by atoms with Gasteiger partial charge in [-0.05, 0) is 18.4 Å². The summed E-state index contributed by atoms with van der Waals surface area (Å²) in [6.07, 6.45) is 3.46. The van der Waals surface area contributed by atoms with Crippen molar-refractivity contribution < 1.29 is 0 Å². The topological polar surface area (TPSA) is 57.7 Å². The highest BCUT2D eigenvalue weighted by atomic mass is 15.3. The Labute approximate surface area is 124 Å². The van der Waals surface area contributed by atoms with Crippen molar-refractivity contribution in [2.24, 2.45) is 7.05 Å². The number of nitrogens with zero attached hydrogens (tertiary/aromatic N) is 5. The summed E-state index contributed by atoms with van der Waals surface area (Å²) in [7, 11) is 1.96. The Morgan fingerprint density at radius 1 is 1.24 bits per heavy atom. The molecule has 0 unspecified atom stereocenters. The molecule has 1 aliphatic rings. The molecule has 0 N–H and O–H groups in total. The Bertz CT molecular complexity index is 632. The zero-order valence-electron chi connectivity index (χ0n) is 12.2. The van der Waals surface area contributed by atoms with Crippen LogP contribution in [0.3, 0.4) is 0 Å². The van der Waals surface area contributed by atoms with E-state index in [1.54, 1.807) is 6.33 Å². The fourth-order valence-corrected chi connectivity index (χ4v) is 2.97. The second-order valence-electron chi connectivity index (χ2n) is 5.69. The number of hydrogen-bond donors (Lipinski definition) is 0. The van der Waals surface area contributed by atoms with E-state index >= 15 is 0 Å². The van der Waals surface area contributed by atoms with Crippen LogP contribution < -0.4 is 0 Å². The van der Waals surface area contributed by atoms with Gasteiger partial charge in [0.1, 0.15) is 12.2 Å². The third kappa shape index (κ3) is 2.67. The van der Waals surface area contributed by atoms with E-state index in [4.69, 9.17) is 0 Å². The third-order valence-electron chi connectivity index (χ3n) is 4.42. The van der Waals surface area contributed by atoms with Crippen LogP contribution in [0.1, 0.15) is 24.2 Å². The first-order valence-corrected chi connectivity index (χ1v) is 7.25. The fourth-order valence-electron chi connectivity index (χ4n) is 2.97. The van der Waals surface area contributed by atoms with Crippen molar-refractivity contribution in [3.05, 3.63) is 48.0 Å². The molecule has 1 aromatic heterocycles.